The van der Waals surface area contributed by atoms with E-state index in [0.717, 1.165) is 22.2 Å². The molecule has 5 nitrogen and oxygen atoms in total. The Morgan fingerprint density at radius 3 is 2.58 bits per heavy atom. The number of aromatic hydroxyl groups is 1. The first-order valence-corrected chi connectivity index (χ1v) is 9.01. The number of carbonyl (C=O) groups is 2. The molecule has 1 saturated heterocycles. The lowest BCUT2D eigenvalue weighted by molar-refractivity contribution is -0.145. The molecule has 7 heteroatoms. The van der Waals surface area contributed by atoms with Crippen molar-refractivity contribution < 1.29 is 19.8 Å². The van der Waals surface area contributed by atoms with Gasteiger partial charge >= 0.3 is 5.97 Å². The molecule has 1 heterocycles. The zero-order chi connectivity index (χ0) is 18.7. The number of thiocarbonyl (C=S) groups is 1. The molecule has 0 saturated carbocycles. The SMILES string of the molecule is O=C(O)C(Cc1ccccc1)N1C(=O)C(=Cc2cccc(O)c2)SC1=S. The van der Waals surface area contributed by atoms with Crippen LogP contribution in [0.2, 0.25) is 0 Å². The van der Waals surface area contributed by atoms with E-state index < -0.39 is 17.9 Å². The predicted octanol–water partition coefficient (Wildman–Crippen LogP) is 3.29. The Morgan fingerprint density at radius 1 is 1.19 bits per heavy atom. The van der Waals surface area contributed by atoms with Gasteiger partial charge in [-0.1, -0.05) is 66.4 Å². The molecule has 0 bridgehead atoms. The van der Waals surface area contributed by atoms with E-state index in [1.54, 1.807) is 18.2 Å². The maximum atomic E-state index is 12.8. The average Bonchev–Trinajstić information content (AvgIpc) is 2.87. The number of phenols is 1. The largest absolute Gasteiger partial charge is 0.508 e. The van der Waals surface area contributed by atoms with Crippen molar-refractivity contribution in [2.45, 2.75) is 12.5 Å². The Labute approximate surface area is 160 Å². The number of hydrogen-bond acceptors (Lipinski definition) is 5. The van der Waals surface area contributed by atoms with E-state index in [2.05, 4.69) is 0 Å². The number of carboxylic acid groups (broad SMARTS) is 1. The lowest BCUT2D eigenvalue weighted by atomic mass is 10.0. The summed E-state index contributed by atoms with van der Waals surface area (Å²) < 4.78 is 0.213. The number of aliphatic carboxylic acids is 1. The van der Waals surface area contributed by atoms with Crippen LogP contribution in [0.1, 0.15) is 11.1 Å². The summed E-state index contributed by atoms with van der Waals surface area (Å²) in [6.45, 7) is 0. The van der Waals surface area contributed by atoms with Crippen LogP contribution in [0.3, 0.4) is 0 Å². The van der Waals surface area contributed by atoms with Crippen LogP contribution in [-0.4, -0.2) is 37.4 Å². The molecule has 1 aliphatic heterocycles. The smallest absolute Gasteiger partial charge is 0.327 e. The minimum atomic E-state index is -1.11. The fourth-order valence-corrected chi connectivity index (χ4v) is 4.00. The average molecular weight is 385 g/mol. The summed E-state index contributed by atoms with van der Waals surface area (Å²) >= 11 is 6.33. The molecule has 1 amide bonds. The highest BCUT2D eigenvalue weighted by Crippen LogP contribution is 2.35. The number of carbonyl (C=O) groups excluding carboxylic acids is 1. The van der Waals surface area contributed by atoms with Gasteiger partial charge in [0.2, 0.25) is 0 Å². The van der Waals surface area contributed by atoms with Crippen LogP contribution in [0, 0.1) is 0 Å². The molecule has 0 aliphatic carbocycles. The Hall–Kier alpha value is -2.64. The summed E-state index contributed by atoms with van der Waals surface area (Å²) in [4.78, 5) is 26.0. The van der Waals surface area contributed by atoms with Crippen LogP contribution in [0.4, 0.5) is 0 Å². The molecule has 3 rings (SSSR count). The normalized spacial score (nSPS) is 16.9. The molecular weight excluding hydrogens is 370 g/mol. The van der Waals surface area contributed by atoms with Crippen molar-refractivity contribution in [2.75, 3.05) is 0 Å². The van der Waals surface area contributed by atoms with Crippen molar-refractivity contribution in [1.29, 1.82) is 0 Å². The number of carboxylic acids is 1. The molecule has 1 unspecified atom stereocenters. The first-order chi connectivity index (χ1) is 12.5. The molecule has 1 aliphatic rings. The van der Waals surface area contributed by atoms with Gasteiger partial charge in [-0.3, -0.25) is 9.69 Å². The van der Waals surface area contributed by atoms with Crippen LogP contribution in [-0.2, 0) is 16.0 Å². The van der Waals surface area contributed by atoms with Crippen LogP contribution in [0.15, 0.2) is 59.5 Å². The topological polar surface area (TPSA) is 77.8 Å². The Bertz CT molecular complexity index is 895. The Balaban J connectivity index is 1.88. The number of rotatable bonds is 5. The van der Waals surface area contributed by atoms with Crippen molar-refractivity contribution in [3.63, 3.8) is 0 Å². The van der Waals surface area contributed by atoms with E-state index in [1.807, 2.05) is 30.3 Å². The van der Waals surface area contributed by atoms with Gasteiger partial charge in [0.25, 0.3) is 5.91 Å². The molecule has 0 aromatic heterocycles. The maximum Gasteiger partial charge on any atom is 0.327 e. The van der Waals surface area contributed by atoms with E-state index in [9.17, 15) is 19.8 Å². The molecule has 1 atom stereocenters. The summed E-state index contributed by atoms with van der Waals surface area (Å²) in [5.41, 5.74) is 1.45. The van der Waals surface area contributed by atoms with Gasteiger partial charge in [-0.2, -0.15) is 0 Å². The summed E-state index contributed by atoms with van der Waals surface area (Å²) in [6, 6.07) is 14.5. The highest BCUT2D eigenvalue weighted by molar-refractivity contribution is 8.26. The highest BCUT2D eigenvalue weighted by atomic mass is 32.2. The number of nitrogens with zero attached hydrogens (tertiary/aromatic N) is 1. The van der Waals surface area contributed by atoms with Gasteiger partial charge in [0, 0.05) is 6.42 Å². The minimum absolute atomic E-state index is 0.0849. The van der Waals surface area contributed by atoms with E-state index in [-0.39, 0.29) is 16.5 Å². The van der Waals surface area contributed by atoms with Gasteiger partial charge in [0.1, 0.15) is 16.1 Å². The molecule has 1 fully saturated rings. The van der Waals surface area contributed by atoms with Crippen molar-refractivity contribution in [3.05, 3.63) is 70.6 Å². The first kappa shape index (κ1) is 18.2. The van der Waals surface area contributed by atoms with E-state index in [0.29, 0.717) is 10.5 Å². The number of thioether (sulfide) groups is 1. The van der Waals surface area contributed by atoms with Gasteiger partial charge in [-0.25, -0.2) is 4.79 Å². The van der Waals surface area contributed by atoms with Crippen molar-refractivity contribution in [3.8, 4) is 5.75 Å². The molecule has 2 N–H and O–H groups in total. The van der Waals surface area contributed by atoms with Crippen molar-refractivity contribution in [1.82, 2.24) is 4.90 Å². The fourth-order valence-electron chi connectivity index (χ4n) is 2.64. The summed E-state index contributed by atoms with van der Waals surface area (Å²) in [7, 11) is 0. The Kier molecular flexibility index (Phi) is 5.39. The zero-order valence-electron chi connectivity index (χ0n) is 13.5. The Morgan fingerprint density at radius 2 is 1.92 bits per heavy atom. The second-order valence-electron chi connectivity index (χ2n) is 5.69. The third kappa shape index (κ3) is 3.95. The molecular formula is C19H15NO4S2. The first-order valence-electron chi connectivity index (χ1n) is 7.78. The van der Waals surface area contributed by atoms with Crippen LogP contribution >= 0.6 is 24.0 Å². The molecule has 2 aromatic carbocycles. The highest BCUT2D eigenvalue weighted by Gasteiger charge is 2.40. The molecule has 0 spiro atoms. The quantitative estimate of drug-likeness (QED) is 0.607. The van der Waals surface area contributed by atoms with E-state index in [1.165, 1.54) is 12.1 Å². The number of phenolic OH excluding ortho intramolecular Hbond substituents is 1. The summed E-state index contributed by atoms with van der Waals surface area (Å²) in [6.07, 6.45) is 1.77. The van der Waals surface area contributed by atoms with Gasteiger partial charge in [-0.15, -0.1) is 0 Å². The standard InChI is InChI=1S/C19H15NO4S2/c21-14-8-4-7-13(9-14)11-16-17(22)20(19(25)26-16)15(18(23)24)10-12-5-2-1-3-6-12/h1-9,11,15,21H,10H2,(H,23,24). The second kappa shape index (κ2) is 7.72. The van der Waals surface area contributed by atoms with Crippen LogP contribution in [0.25, 0.3) is 6.08 Å². The maximum absolute atomic E-state index is 12.8. The molecule has 132 valence electrons. The minimum Gasteiger partial charge on any atom is -0.508 e. The molecule has 26 heavy (non-hydrogen) atoms. The zero-order valence-corrected chi connectivity index (χ0v) is 15.2. The lowest BCUT2D eigenvalue weighted by Gasteiger charge is -2.23. The van der Waals surface area contributed by atoms with Crippen LogP contribution in [0.5, 0.6) is 5.75 Å². The third-order valence-corrected chi connectivity index (χ3v) is 5.19. The van der Waals surface area contributed by atoms with E-state index in [4.69, 9.17) is 12.2 Å². The lowest BCUT2D eigenvalue weighted by Crippen LogP contribution is -2.45. The summed E-state index contributed by atoms with van der Waals surface area (Å²) in [5, 5.41) is 19.2. The van der Waals surface area contributed by atoms with Crippen molar-refractivity contribution in [2.24, 2.45) is 0 Å². The van der Waals surface area contributed by atoms with Gasteiger partial charge in [0.15, 0.2) is 0 Å². The molecule has 2 aromatic rings. The third-order valence-electron chi connectivity index (χ3n) is 3.86. The number of hydrogen-bond donors (Lipinski definition) is 2. The predicted molar refractivity (Wildman–Crippen MR) is 105 cm³/mol. The number of benzene rings is 2. The monoisotopic (exact) mass is 385 g/mol. The van der Waals surface area contributed by atoms with E-state index >= 15 is 0 Å². The number of amides is 1. The fraction of sp³-hybridized carbons (Fsp3) is 0.105. The van der Waals surface area contributed by atoms with Crippen LogP contribution < -0.4 is 0 Å². The van der Waals surface area contributed by atoms with Gasteiger partial charge in [0.05, 0.1) is 4.91 Å². The molecule has 0 radical (unpaired) electrons. The second-order valence-corrected chi connectivity index (χ2v) is 7.37. The summed E-state index contributed by atoms with van der Waals surface area (Å²) in [5.74, 6) is -1.46. The van der Waals surface area contributed by atoms with Gasteiger partial charge < -0.3 is 10.2 Å². The van der Waals surface area contributed by atoms with Gasteiger partial charge in [-0.05, 0) is 29.3 Å². The van der Waals surface area contributed by atoms with Crippen molar-refractivity contribution >= 4 is 46.3 Å².